The molecule has 88 valence electrons. The minimum atomic E-state index is -0.351. The molecule has 0 aliphatic carbocycles. The fourth-order valence-corrected chi connectivity index (χ4v) is 1.43. The van der Waals surface area contributed by atoms with Crippen LogP contribution in [0.3, 0.4) is 0 Å². The Bertz CT molecular complexity index is 191. The summed E-state index contributed by atoms with van der Waals surface area (Å²) in [4.78, 5) is 2.11. The van der Waals surface area contributed by atoms with Gasteiger partial charge in [-0.3, -0.25) is 4.90 Å². The fraction of sp³-hybridized carbons (Fsp3) is 0.909. The topological polar surface area (TPSA) is 59.3 Å². The van der Waals surface area contributed by atoms with Crippen molar-refractivity contribution in [2.75, 3.05) is 32.7 Å². The highest BCUT2D eigenvalue weighted by molar-refractivity contribution is 4.81. The molecule has 2 atom stereocenters. The van der Waals surface area contributed by atoms with E-state index < -0.39 is 0 Å². The number of rotatable bonds is 8. The number of likely N-dealkylation sites (N-methyl/N-ethyl adjacent to an activating group) is 2. The number of nitriles is 1. The Kier molecular flexibility index (Phi) is 8.30. The summed E-state index contributed by atoms with van der Waals surface area (Å²) in [7, 11) is 0. The molecule has 2 N–H and O–H groups in total. The van der Waals surface area contributed by atoms with Crippen LogP contribution in [0.4, 0.5) is 0 Å². The van der Waals surface area contributed by atoms with Crippen molar-refractivity contribution in [2.45, 2.75) is 26.9 Å². The van der Waals surface area contributed by atoms with Crippen molar-refractivity contribution in [2.24, 2.45) is 5.92 Å². The minimum Gasteiger partial charge on any atom is -0.390 e. The van der Waals surface area contributed by atoms with Gasteiger partial charge in [0.2, 0.25) is 0 Å². The molecule has 15 heavy (non-hydrogen) atoms. The van der Waals surface area contributed by atoms with Gasteiger partial charge in [-0.05, 0) is 20.0 Å². The van der Waals surface area contributed by atoms with Crippen LogP contribution in [0.25, 0.3) is 0 Å². The van der Waals surface area contributed by atoms with Crippen LogP contribution in [0, 0.1) is 17.2 Å². The predicted molar refractivity (Wildman–Crippen MR) is 61.4 cm³/mol. The average Bonchev–Trinajstić information content (AvgIpc) is 2.25. The monoisotopic (exact) mass is 213 g/mol. The van der Waals surface area contributed by atoms with Crippen LogP contribution in [0.15, 0.2) is 0 Å². The maximum Gasteiger partial charge on any atom is 0.0791 e. The Labute approximate surface area is 92.9 Å². The Morgan fingerprint density at radius 1 is 1.40 bits per heavy atom. The summed E-state index contributed by atoms with van der Waals surface area (Å²) >= 11 is 0. The zero-order valence-electron chi connectivity index (χ0n) is 10.0. The highest BCUT2D eigenvalue weighted by Crippen LogP contribution is 1.99. The smallest absolute Gasteiger partial charge is 0.0791 e. The third kappa shape index (κ3) is 7.32. The van der Waals surface area contributed by atoms with Crippen molar-refractivity contribution >= 4 is 0 Å². The number of aliphatic hydroxyl groups excluding tert-OH is 1. The molecule has 0 aliphatic rings. The molecular weight excluding hydrogens is 190 g/mol. The van der Waals surface area contributed by atoms with Gasteiger partial charge in [-0.1, -0.05) is 13.8 Å². The molecule has 0 amide bonds. The van der Waals surface area contributed by atoms with E-state index in [2.05, 4.69) is 16.3 Å². The third-order valence-electron chi connectivity index (χ3n) is 2.30. The molecule has 0 aliphatic heterocycles. The van der Waals surface area contributed by atoms with E-state index in [1.165, 1.54) is 0 Å². The van der Waals surface area contributed by atoms with Gasteiger partial charge in [0.15, 0.2) is 0 Å². The quantitative estimate of drug-likeness (QED) is 0.614. The molecule has 4 heteroatoms. The number of nitrogens with one attached hydrogen (secondary N) is 1. The first kappa shape index (κ1) is 14.4. The van der Waals surface area contributed by atoms with Gasteiger partial charge in [-0.25, -0.2) is 0 Å². The zero-order chi connectivity index (χ0) is 11.7. The second-order valence-corrected chi connectivity index (χ2v) is 3.84. The minimum absolute atomic E-state index is 0.0243. The van der Waals surface area contributed by atoms with Gasteiger partial charge in [-0.2, -0.15) is 5.26 Å². The molecule has 0 aromatic heterocycles. The van der Waals surface area contributed by atoms with E-state index in [-0.39, 0.29) is 12.0 Å². The van der Waals surface area contributed by atoms with Crippen LogP contribution < -0.4 is 5.32 Å². The lowest BCUT2D eigenvalue weighted by Crippen LogP contribution is -2.39. The lowest BCUT2D eigenvalue weighted by Gasteiger charge is -2.24. The maximum absolute atomic E-state index is 9.68. The van der Waals surface area contributed by atoms with Gasteiger partial charge in [0.05, 0.1) is 18.1 Å². The molecule has 0 saturated heterocycles. The summed E-state index contributed by atoms with van der Waals surface area (Å²) in [5.74, 6) is 0.0243. The number of hydrogen-bond acceptors (Lipinski definition) is 4. The van der Waals surface area contributed by atoms with Crippen LogP contribution in [0.5, 0.6) is 0 Å². The van der Waals surface area contributed by atoms with Gasteiger partial charge < -0.3 is 10.4 Å². The van der Waals surface area contributed by atoms with E-state index in [1.54, 1.807) is 0 Å². The molecule has 0 radical (unpaired) electrons. The van der Waals surface area contributed by atoms with Gasteiger partial charge in [0, 0.05) is 19.6 Å². The Morgan fingerprint density at radius 2 is 2.07 bits per heavy atom. The van der Waals surface area contributed by atoms with Crippen molar-refractivity contribution in [3.8, 4) is 6.07 Å². The zero-order valence-corrected chi connectivity index (χ0v) is 10.0. The van der Waals surface area contributed by atoms with Crippen LogP contribution in [0.1, 0.15) is 20.8 Å². The predicted octanol–water partition coefficient (Wildman–Crippen LogP) is 0.438. The van der Waals surface area contributed by atoms with E-state index in [9.17, 15) is 5.11 Å². The van der Waals surface area contributed by atoms with Gasteiger partial charge in [0.1, 0.15) is 0 Å². The molecule has 0 saturated carbocycles. The number of hydrogen-bond donors (Lipinski definition) is 2. The van der Waals surface area contributed by atoms with Crippen LogP contribution >= 0.6 is 0 Å². The van der Waals surface area contributed by atoms with E-state index in [1.807, 2.05) is 20.8 Å². The van der Waals surface area contributed by atoms with Crippen molar-refractivity contribution in [3.63, 3.8) is 0 Å². The Morgan fingerprint density at radius 3 is 2.53 bits per heavy atom. The summed E-state index contributed by atoms with van der Waals surface area (Å²) in [5.41, 5.74) is 0. The standard InChI is InChI=1S/C11H23N3O/c1-4-13-7-11(15)9-14(5-2)8-10(3)6-12/h10-11,13,15H,4-5,7-9H2,1-3H3. The van der Waals surface area contributed by atoms with Crippen LogP contribution in [-0.4, -0.2) is 48.8 Å². The summed E-state index contributed by atoms with van der Waals surface area (Å²) in [6.45, 7) is 9.69. The Balaban J connectivity index is 3.82. The summed E-state index contributed by atoms with van der Waals surface area (Å²) < 4.78 is 0. The van der Waals surface area contributed by atoms with Gasteiger partial charge in [-0.15, -0.1) is 0 Å². The second-order valence-electron chi connectivity index (χ2n) is 3.84. The average molecular weight is 213 g/mol. The lowest BCUT2D eigenvalue weighted by molar-refractivity contribution is 0.110. The number of aliphatic hydroxyl groups is 1. The first-order chi connectivity index (χ1) is 7.13. The molecule has 0 fully saturated rings. The molecule has 0 heterocycles. The van der Waals surface area contributed by atoms with Gasteiger partial charge in [0.25, 0.3) is 0 Å². The molecule has 0 aromatic rings. The first-order valence-electron chi connectivity index (χ1n) is 5.64. The fourth-order valence-electron chi connectivity index (χ4n) is 1.43. The molecular formula is C11H23N3O. The summed E-state index contributed by atoms with van der Waals surface area (Å²) in [5, 5.41) is 21.5. The van der Waals surface area contributed by atoms with Gasteiger partial charge >= 0.3 is 0 Å². The second kappa shape index (κ2) is 8.66. The third-order valence-corrected chi connectivity index (χ3v) is 2.30. The van der Waals surface area contributed by atoms with E-state index in [0.717, 1.165) is 19.6 Å². The molecule has 4 nitrogen and oxygen atoms in total. The van der Waals surface area contributed by atoms with E-state index in [4.69, 9.17) is 5.26 Å². The van der Waals surface area contributed by atoms with Crippen molar-refractivity contribution in [3.05, 3.63) is 0 Å². The normalized spacial score (nSPS) is 14.9. The molecule has 0 spiro atoms. The highest BCUT2D eigenvalue weighted by atomic mass is 16.3. The van der Waals surface area contributed by atoms with Crippen molar-refractivity contribution < 1.29 is 5.11 Å². The molecule has 0 aromatic carbocycles. The highest BCUT2D eigenvalue weighted by Gasteiger charge is 2.12. The van der Waals surface area contributed by atoms with E-state index in [0.29, 0.717) is 13.1 Å². The maximum atomic E-state index is 9.68. The van der Waals surface area contributed by atoms with Crippen molar-refractivity contribution in [1.29, 1.82) is 5.26 Å². The lowest BCUT2D eigenvalue weighted by atomic mass is 10.2. The van der Waals surface area contributed by atoms with Crippen LogP contribution in [0.2, 0.25) is 0 Å². The van der Waals surface area contributed by atoms with E-state index >= 15 is 0 Å². The molecule has 2 unspecified atom stereocenters. The van der Waals surface area contributed by atoms with Crippen molar-refractivity contribution in [1.82, 2.24) is 10.2 Å². The molecule has 0 rings (SSSR count). The Hall–Kier alpha value is -0.630. The molecule has 0 bridgehead atoms. The first-order valence-corrected chi connectivity index (χ1v) is 5.64. The largest absolute Gasteiger partial charge is 0.390 e. The number of nitrogens with zero attached hydrogens (tertiary/aromatic N) is 2. The SMILES string of the molecule is CCNCC(O)CN(CC)CC(C)C#N. The summed E-state index contributed by atoms with van der Waals surface area (Å²) in [6, 6.07) is 2.21. The summed E-state index contributed by atoms with van der Waals surface area (Å²) in [6.07, 6.45) is -0.351. The van der Waals surface area contributed by atoms with Crippen LogP contribution in [-0.2, 0) is 0 Å².